The third kappa shape index (κ3) is 2.44. The van der Waals surface area contributed by atoms with Crippen LogP contribution in [0.25, 0.3) is 33.0 Å². The zero-order valence-corrected chi connectivity index (χ0v) is 13.5. The van der Waals surface area contributed by atoms with Crippen LogP contribution in [0.5, 0.6) is 5.75 Å². The highest BCUT2D eigenvalue weighted by molar-refractivity contribution is 7.17. The smallest absolute Gasteiger partial charge is 0.260 e. The fraction of sp³-hybridized carbons (Fsp3) is 0.0588. The summed E-state index contributed by atoms with van der Waals surface area (Å²) in [6.45, 7) is 0. The number of nitrogens with one attached hydrogen (secondary N) is 1. The van der Waals surface area contributed by atoms with Gasteiger partial charge in [-0.15, -0.1) is 11.3 Å². The quantitative estimate of drug-likeness (QED) is 0.622. The van der Waals surface area contributed by atoms with Crippen molar-refractivity contribution in [2.24, 2.45) is 0 Å². The lowest BCUT2D eigenvalue weighted by molar-refractivity contribution is 0.415. The van der Waals surface area contributed by atoms with E-state index in [4.69, 9.17) is 4.74 Å². The van der Waals surface area contributed by atoms with Crippen LogP contribution in [0.3, 0.4) is 0 Å². The number of aromatic amines is 1. The van der Waals surface area contributed by atoms with Gasteiger partial charge in [0.25, 0.3) is 5.56 Å². The summed E-state index contributed by atoms with van der Waals surface area (Å²) < 4.78 is 5.17. The van der Waals surface area contributed by atoms with Crippen molar-refractivity contribution in [1.82, 2.24) is 19.9 Å². The number of fused-ring (bicyclic) bond motifs is 1. The molecule has 4 aromatic rings. The molecule has 3 heterocycles. The predicted molar refractivity (Wildman–Crippen MR) is 93.3 cm³/mol. The molecular formula is C17H12N4O2S. The Morgan fingerprint density at radius 1 is 1.12 bits per heavy atom. The Morgan fingerprint density at radius 3 is 2.58 bits per heavy atom. The van der Waals surface area contributed by atoms with E-state index in [-0.39, 0.29) is 5.56 Å². The minimum atomic E-state index is -0.200. The Kier molecular flexibility index (Phi) is 3.55. The van der Waals surface area contributed by atoms with Gasteiger partial charge in [-0.1, -0.05) is 12.1 Å². The van der Waals surface area contributed by atoms with Crippen LogP contribution < -0.4 is 10.3 Å². The van der Waals surface area contributed by atoms with Gasteiger partial charge in [-0.2, -0.15) is 0 Å². The van der Waals surface area contributed by atoms with E-state index in [1.165, 1.54) is 11.3 Å². The summed E-state index contributed by atoms with van der Waals surface area (Å²) in [5.41, 5.74) is 1.60. The van der Waals surface area contributed by atoms with E-state index in [1.807, 2.05) is 29.6 Å². The number of nitrogens with zero attached hydrogens (tertiary/aromatic N) is 3. The molecule has 0 aliphatic heterocycles. The summed E-state index contributed by atoms with van der Waals surface area (Å²) in [4.78, 5) is 28.8. The van der Waals surface area contributed by atoms with Crippen molar-refractivity contribution >= 4 is 21.6 Å². The summed E-state index contributed by atoms with van der Waals surface area (Å²) >= 11 is 1.42. The number of ether oxygens (including phenoxy) is 1. The molecule has 0 bridgehead atoms. The lowest BCUT2D eigenvalue weighted by Gasteiger charge is -2.03. The Labute approximate surface area is 140 Å². The fourth-order valence-electron chi connectivity index (χ4n) is 2.46. The lowest BCUT2D eigenvalue weighted by Crippen LogP contribution is -2.10. The van der Waals surface area contributed by atoms with Crippen LogP contribution in [0.1, 0.15) is 0 Å². The molecule has 6 nitrogen and oxygen atoms in total. The molecule has 24 heavy (non-hydrogen) atoms. The van der Waals surface area contributed by atoms with Gasteiger partial charge in [0.2, 0.25) is 0 Å². The summed E-state index contributed by atoms with van der Waals surface area (Å²) in [7, 11) is 1.62. The molecule has 0 saturated carbocycles. The normalized spacial score (nSPS) is 10.9. The van der Waals surface area contributed by atoms with Gasteiger partial charge in [0, 0.05) is 23.3 Å². The van der Waals surface area contributed by atoms with Gasteiger partial charge in [-0.05, 0) is 23.8 Å². The van der Waals surface area contributed by atoms with Crippen LogP contribution in [-0.4, -0.2) is 27.0 Å². The van der Waals surface area contributed by atoms with Gasteiger partial charge in [0.15, 0.2) is 11.6 Å². The second-order valence-corrected chi connectivity index (χ2v) is 5.90. The average molecular weight is 336 g/mol. The minimum Gasteiger partial charge on any atom is -0.497 e. The summed E-state index contributed by atoms with van der Waals surface area (Å²) in [5, 5.41) is 2.51. The Bertz CT molecular complexity index is 1060. The summed E-state index contributed by atoms with van der Waals surface area (Å²) in [6.07, 6.45) is 3.23. The molecule has 1 N–H and O–H groups in total. The van der Waals surface area contributed by atoms with Gasteiger partial charge in [-0.25, -0.2) is 15.0 Å². The van der Waals surface area contributed by atoms with Crippen molar-refractivity contribution in [1.29, 1.82) is 0 Å². The molecule has 7 heteroatoms. The van der Waals surface area contributed by atoms with Gasteiger partial charge in [-0.3, -0.25) is 4.79 Å². The number of hydrogen-bond acceptors (Lipinski definition) is 6. The highest BCUT2D eigenvalue weighted by Gasteiger charge is 2.14. The molecule has 4 rings (SSSR count). The zero-order valence-electron chi connectivity index (χ0n) is 12.7. The van der Waals surface area contributed by atoms with E-state index in [2.05, 4.69) is 19.9 Å². The lowest BCUT2D eigenvalue weighted by atomic mass is 10.1. The second-order valence-electron chi connectivity index (χ2n) is 5.04. The second kappa shape index (κ2) is 5.86. The van der Waals surface area contributed by atoms with E-state index < -0.39 is 0 Å². The summed E-state index contributed by atoms with van der Waals surface area (Å²) in [6, 6.07) is 9.30. The Hall–Kier alpha value is -3.06. The maximum Gasteiger partial charge on any atom is 0.260 e. The van der Waals surface area contributed by atoms with E-state index in [0.717, 1.165) is 16.9 Å². The number of thiophene rings is 1. The molecule has 0 unspecified atom stereocenters. The van der Waals surface area contributed by atoms with Gasteiger partial charge in [0.05, 0.1) is 12.5 Å². The topological polar surface area (TPSA) is 80.8 Å². The van der Waals surface area contributed by atoms with Gasteiger partial charge < -0.3 is 9.72 Å². The van der Waals surface area contributed by atoms with Crippen molar-refractivity contribution < 1.29 is 4.74 Å². The fourth-order valence-corrected chi connectivity index (χ4v) is 3.41. The molecule has 3 aromatic heterocycles. The third-order valence-corrected chi connectivity index (χ3v) is 4.49. The Morgan fingerprint density at radius 2 is 1.88 bits per heavy atom. The first-order valence-corrected chi connectivity index (χ1v) is 8.07. The Balaban J connectivity index is 1.86. The number of hydrogen-bond donors (Lipinski definition) is 1. The van der Waals surface area contributed by atoms with Crippen LogP contribution in [-0.2, 0) is 0 Å². The highest BCUT2D eigenvalue weighted by Crippen LogP contribution is 2.32. The molecule has 0 saturated heterocycles. The number of benzene rings is 1. The minimum absolute atomic E-state index is 0.200. The predicted octanol–water partition coefficient (Wildman–Crippen LogP) is 3.12. The first-order valence-electron chi connectivity index (χ1n) is 7.19. The molecular weight excluding hydrogens is 324 g/mol. The van der Waals surface area contributed by atoms with Crippen molar-refractivity contribution in [3.8, 4) is 28.5 Å². The standard InChI is InChI=1S/C17H12N4O2S/c1-23-11-5-3-10(4-6-11)12-9-24-17-13(12)16(22)20-15(21-17)14-18-7-2-8-19-14/h2-9H,1H3,(H,20,21,22). The molecule has 0 fully saturated rings. The van der Waals surface area contributed by atoms with Gasteiger partial charge in [0.1, 0.15) is 10.6 Å². The van der Waals surface area contributed by atoms with E-state index in [9.17, 15) is 4.79 Å². The van der Waals surface area contributed by atoms with Crippen LogP contribution in [0.4, 0.5) is 0 Å². The van der Waals surface area contributed by atoms with Crippen LogP contribution in [0.15, 0.2) is 52.9 Å². The molecule has 0 aliphatic rings. The molecule has 0 aliphatic carbocycles. The molecule has 118 valence electrons. The van der Waals surface area contributed by atoms with Gasteiger partial charge >= 0.3 is 0 Å². The highest BCUT2D eigenvalue weighted by atomic mass is 32.1. The molecule has 0 radical (unpaired) electrons. The van der Waals surface area contributed by atoms with Crippen LogP contribution in [0, 0.1) is 0 Å². The molecule has 0 spiro atoms. The maximum absolute atomic E-state index is 12.6. The zero-order chi connectivity index (χ0) is 16.5. The average Bonchev–Trinajstić information content (AvgIpc) is 3.07. The van der Waals surface area contributed by atoms with E-state index >= 15 is 0 Å². The number of methoxy groups -OCH3 is 1. The monoisotopic (exact) mass is 336 g/mol. The largest absolute Gasteiger partial charge is 0.497 e. The molecule has 0 atom stereocenters. The van der Waals surface area contributed by atoms with Crippen LogP contribution in [0.2, 0.25) is 0 Å². The third-order valence-electron chi connectivity index (χ3n) is 3.62. The van der Waals surface area contributed by atoms with Crippen molar-refractivity contribution in [2.75, 3.05) is 7.11 Å². The first kappa shape index (κ1) is 14.5. The van der Waals surface area contributed by atoms with E-state index in [0.29, 0.717) is 21.9 Å². The first-order chi connectivity index (χ1) is 11.8. The van der Waals surface area contributed by atoms with Crippen molar-refractivity contribution in [3.63, 3.8) is 0 Å². The molecule has 0 amide bonds. The number of H-pyrrole nitrogens is 1. The number of aromatic nitrogens is 4. The maximum atomic E-state index is 12.6. The SMILES string of the molecule is COc1ccc(-c2csc3nc(-c4ncccn4)[nH]c(=O)c23)cc1. The summed E-state index contributed by atoms with van der Waals surface area (Å²) in [5.74, 6) is 1.54. The van der Waals surface area contributed by atoms with E-state index in [1.54, 1.807) is 25.6 Å². The molecule has 1 aromatic carbocycles. The number of rotatable bonds is 3. The van der Waals surface area contributed by atoms with Crippen molar-refractivity contribution in [2.45, 2.75) is 0 Å². The van der Waals surface area contributed by atoms with Crippen LogP contribution >= 0.6 is 11.3 Å². The van der Waals surface area contributed by atoms with Crippen molar-refractivity contribution in [3.05, 3.63) is 58.5 Å².